The Morgan fingerprint density at radius 2 is 0.755 bits per heavy atom. The molecule has 0 saturated carbocycles. The van der Waals surface area contributed by atoms with Gasteiger partial charge in [-0.15, -0.1) is 0 Å². The Kier molecular flexibility index (Phi) is 35.1. The number of halogens is 8. The number of benzene rings is 4. The molecule has 8 aliphatic rings. The van der Waals surface area contributed by atoms with E-state index in [0.29, 0.717) is 122 Å². The van der Waals surface area contributed by atoms with Crippen molar-refractivity contribution >= 4 is 182 Å². The molecule has 147 heavy (non-hydrogen) atoms. The second kappa shape index (κ2) is 47.3. The number of sulfone groups is 1. The van der Waals surface area contributed by atoms with Gasteiger partial charge in [-0.25, -0.2) is 67.0 Å². The minimum absolute atomic E-state index is 0.134. The molecule has 0 bridgehead atoms. The monoisotopic (exact) mass is 2160 g/mol. The molecular weight excluding hydrogens is 2050 g/mol. The molecule has 4 aromatic carbocycles. The van der Waals surface area contributed by atoms with Gasteiger partial charge in [-0.05, 0) is 294 Å². The van der Waals surface area contributed by atoms with E-state index < -0.39 is 15.9 Å². The van der Waals surface area contributed by atoms with Crippen LogP contribution >= 0.6 is 92.8 Å². The van der Waals surface area contributed by atoms with Gasteiger partial charge in [0.25, 0.3) is 0 Å². The third-order valence-corrected chi connectivity index (χ3v) is 34.0. The number of nitriles is 3. The third kappa shape index (κ3) is 23.8. The molecule has 39 heteroatoms. The number of aryl methyl sites for hydroxylation is 1. The zero-order valence-electron chi connectivity index (χ0n) is 84.2. The van der Waals surface area contributed by atoms with Crippen LogP contribution < -0.4 is 5.73 Å². The van der Waals surface area contributed by atoms with E-state index in [9.17, 15) is 34.1 Å². The van der Waals surface area contributed by atoms with Crippen LogP contribution in [0.1, 0.15) is 270 Å². The fourth-order valence-corrected chi connectivity index (χ4v) is 26.4. The van der Waals surface area contributed by atoms with Crippen LogP contribution in [0.2, 0.25) is 40.2 Å². The number of amides is 1. The van der Waals surface area contributed by atoms with E-state index in [2.05, 4.69) is 134 Å². The van der Waals surface area contributed by atoms with E-state index in [4.69, 9.17) is 138 Å². The number of aliphatic hydroxyl groups is 1. The number of allylic oxidation sites excluding steroid dienone is 4. The quantitative estimate of drug-likeness (QED) is 0.0674. The highest BCUT2D eigenvalue weighted by Crippen LogP contribution is 2.45. The molecule has 8 aromatic heterocycles. The van der Waals surface area contributed by atoms with Crippen LogP contribution in [0.5, 0.6) is 0 Å². The van der Waals surface area contributed by atoms with Crippen molar-refractivity contribution in [2.45, 2.75) is 264 Å². The maximum atomic E-state index is 11.9. The lowest BCUT2D eigenvalue weighted by atomic mass is 9.83. The number of carbonyl (C=O) groups excluding carboxylic acids is 3. The predicted molar refractivity (Wildman–Crippen MR) is 577 cm³/mol. The van der Waals surface area contributed by atoms with Gasteiger partial charge in [-0.3, -0.25) is 24.4 Å². The van der Waals surface area contributed by atoms with Gasteiger partial charge in [0.1, 0.15) is 50.1 Å². The van der Waals surface area contributed by atoms with Crippen molar-refractivity contribution in [1.29, 1.82) is 15.8 Å². The second-order valence-electron chi connectivity index (χ2n) is 40.3. The van der Waals surface area contributed by atoms with Crippen LogP contribution in [0.25, 0.3) is 66.9 Å². The summed E-state index contributed by atoms with van der Waals surface area (Å²) in [7, 11) is -3.27. The zero-order valence-corrected chi connectivity index (χ0v) is 91.1. The van der Waals surface area contributed by atoms with Crippen molar-refractivity contribution in [2.24, 2.45) is 29.4 Å². The fraction of sp³-hybridized carbons (Fsp3) is 0.472. The van der Waals surface area contributed by atoms with Crippen LogP contribution in [-0.2, 0) is 24.2 Å². The summed E-state index contributed by atoms with van der Waals surface area (Å²) in [5.41, 5.74) is 23.4. The van der Waals surface area contributed by atoms with Crippen molar-refractivity contribution in [3.05, 3.63) is 230 Å². The lowest BCUT2D eigenvalue weighted by molar-refractivity contribution is -0.191. The normalized spacial score (nSPS) is 23.5. The number of rotatable bonds is 21. The van der Waals surface area contributed by atoms with E-state index >= 15 is 0 Å². The van der Waals surface area contributed by atoms with Crippen molar-refractivity contribution in [3.63, 3.8) is 0 Å². The molecule has 1 amide bonds. The molecule has 12 aromatic rings. The first-order chi connectivity index (χ1) is 70.4. The van der Waals surface area contributed by atoms with Crippen molar-refractivity contribution in [2.75, 3.05) is 38.2 Å². The number of nitrogens with two attached hydrogens (primary N) is 1. The van der Waals surface area contributed by atoms with Gasteiger partial charge in [0.15, 0.2) is 39.7 Å². The topological polar surface area (TPSA) is 390 Å². The SMILES string of the molecule is CC1CC(c2cnc3c(C#N)nn(C(C)c4ccc(Cl)cc4Cl)c3n2)=CCC1N1CCCC1C.CC1CC(c2cnc3c(C#N)nn(C(C)c4ccc(Cl)cc4Cl)c3n2)=CCC1N1CCCC1C(O)CS(C)(=O)=O.CCC1CCCN1C1CC=C(c2cnc3c(C#N)nn(C(C)c4ccc(Cl)cc4Cl)c3n2)CC1C.Cc1nn(C(C)c2ccc(Cl)cc2Cl)c2nc(C3=CCC(N4CCCC4C(N)=O)C(C)C3)cnc12.O=C=O. The third-order valence-electron chi connectivity index (χ3n) is 30.8. The van der Waals surface area contributed by atoms with Crippen molar-refractivity contribution in [1.82, 2.24) is 98.6 Å². The molecule has 20 rings (SSSR count). The van der Waals surface area contributed by atoms with E-state index in [1.165, 1.54) is 68.2 Å². The van der Waals surface area contributed by atoms with Crippen molar-refractivity contribution < 1.29 is 27.9 Å². The molecule has 4 saturated heterocycles. The van der Waals surface area contributed by atoms with Crippen LogP contribution in [0.4, 0.5) is 0 Å². The number of fused-ring (bicyclic) bond motifs is 4. The summed E-state index contributed by atoms with van der Waals surface area (Å²) in [6.07, 6.45) is 34.1. The number of hydrogen-bond acceptors (Lipinski definition) is 25. The van der Waals surface area contributed by atoms with Crippen LogP contribution in [0.15, 0.2) is 122 Å². The molecule has 770 valence electrons. The maximum Gasteiger partial charge on any atom is 0.373 e. The Bertz CT molecular complexity index is 7380. The Balaban J connectivity index is 0.000000139. The summed E-state index contributed by atoms with van der Waals surface area (Å²) in [4.78, 5) is 76.7. The summed E-state index contributed by atoms with van der Waals surface area (Å²) in [5, 5.41) is 62.5. The number of aromatic nitrogens is 16. The fourth-order valence-electron chi connectivity index (χ4n) is 23.3. The average Bonchev–Trinajstić information content (AvgIpc) is 1.64. The van der Waals surface area contributed by atoms with Gasteiger partial charge in [0.2, 0.25) is 5.91 Å². The molecule has 12 heterocycles. The average molecular weight is 2170 g/mol. The molecule has 4 aliphatic heterocycles. The molecule has 30 nitrogen and oxygen atoms in total. The van der Waals surface area contributed by atoms with E-state index in [1.807, 2.05) is 75.8 Å². The minimum Gasteiger partial charge on any atom is -0.390 e. The molecule has 0 spiro atoms. The summed E-state index contributed by atoms with van der Waals surface area (Å²) < 4.78 is 30.7. The van der Waals surface area contributed by atoms with Gasteiger partial charge in [0, 0.05) is 88.7 Å². The second-order valence-corrected chi connectivity index (χ2v) is 45.9. The first-order valence-electron chi connectivity index (χ1n) is 50.3. The molecule has 0 radical (unpaired) electrons. The summed E-state index contributed by atoms with van der Waals surface area (Å²) >= 11 is 50.3. The van der Waals surface area contributed by atoms with Gasteiger partial charge in [-0.1, -0.05) is 176 Å². The number of primary amides is 1. The predicted octanol–water partition coefficient (Wildman–Crippen LogP) is 22.2. The Labute approximate surface area is 896 Å². The lowest BCUT2D eigenvalue weighted by Gasteiger charge is -2.40. The molecular formula is C108H120Cl8N24O6S. The maximum absolute atomic E-state index is 11.9. The van der Waals surface area contributed by atoms with E-state index in [-0.39, 0.29) is 83.1 Å². The molecule has 17 unspecified atom stereocenters. The highest BCUT2D eigenvalue weighted by molar-refractivity contribution is 7.90. The van der Waals surface area contributed by atoms with Crippen LogP contribution in [-0.4, -0.2) is 217 Å². The Morgan fingerprint density at radius 1 is 0.449 bits per heavy atom. The summed E-state index contributed by atoms with van der Waals surface area (Å²) in [5.74, 6) is 1.31. The molecule has 17 atom stereocenters. The Morgan fingerprint density at radius 3 is 1.09 bits per heavy atom. The zero-order chi connectivity index (χ0) is 105. The number of nitrogens with zero attached hydrogens (tertiary/aromatic N) is 23. The molecule has 3 N–H and O–H groups in total. The van der Waals surface area contributed by atoms with Crippen LogP contribution in [0.3, 0.4) is 0 Å². The van der Waals surface area contributed by atoms with Crippen molar-refractivity contribution in [3.8, 4) is 18.2 Å². The highest BCUT2D eigenvalue weighted by atomic mass is 35.5. The first-order valence-corrected chi connectivity index (χ1v) is 55.4. The number of carbonyl (C=O) groups is 1. The Hall–Kier alpha value is -10.6. The minimum atomic E-state index is -3.27. The summed E-state index contributed by atoms with van der Waals surface area (Å²) in [6.45, 7) is 27.9. The number of aliphatic hydroxyl groups excluding tert-OH is 1. The summed E-state index contributed by atoms with van der Waals surface area (Å²) in [6, 6.07) is 29.9. The number of likely N-dealkylation sites (tertiary alicyclic amines) is 4. The van der Waals surface area contributed by atoms with Crippen LogP contribution in [0, 0.1) is 64.6 Å². The smallest absolute Gasteiger partial charge is 0.373 e. The highest BCUT2D eigenvalue weighted by Gasteiger charge is 2.43. The molecule has 4 fully saturated rings. The van der Waals surface area contributed by atoms with Gasteiger partial charge >= 0.3 is 6.15 Å². The standard InChI is InChI=1S/C28H32Cl2N6O3S.C27H30Cl2N6.C26H30Cl2N6O.C26H28Cl2N6.CO2/c1-16-11-18(6-9-24(16)35-10-4-5-25(35)26(37)15-40(3,38)39)23-14-32-27-22(13-31)34-36(28(27)33-23)17(2)20-8-7-19(29)12-21(20)30;1-4-20-6-5-11-34(20)25-10-7-18(12-16(25)2)24-15-31-26-23(14-30)33-35(27(26)32-24)17(3)21-9-8-19(28)13-22(21)29;1-14-11-17(6-9-22(14)33-10-4-5-23(33)25(29)35)21-13-30-24-15(2)32-34(26(24)31-21)16(3)19-8-7-18(27)12-20(19)28;1-15-11-18(6-9-24(15)33-10-4-5-16(33)2)23-14-30-25-22(13-29)32-34(26(25)31-23)17(3)20-8-7-19(27)12-21(20)28;2-1-3/h6-8,12,14,16-17,24-26,37H,4-5,9-11,15H2,1-3H3;7-9,13,15-17,20,25H,4-6,10-12H2,1-3H3;6-8,12-14,16,22-23H,4-5,9-11H2,1-3H3,(H2,29,35);6-8,12,14-17,24H,4-5,9-11H2,1-3H3;. The largest absolute Gasteiger partial charge is 0.390 e. The van der Waals surface area contributed by atoms with E-state index in [1.54, 1.807) is 75.1 Å². The van der Waals surface area contributed by atoms with Gasteiger partial charge in [0.05, 0.1) is 95.3 Å². The number of hydrogen-bond donors (Lipinski definition) is 2. The van der Waals surface area contributed by atoms with Gasteiger partial charge in [-0.2, -0.15) is 45.8 Å². The van der Waals surface area contributed by atoms with E-state index in [0.717, 1.165) is 158 Å². The lowest BCUT2D eigenvalue weighted by Crippen LogP contribution is -2.50. The van der Waals surface area contributed by atoms with Gasteiger partial charge < -0.3 is 10.8 Å². The first kappa shape index (κ1) is 109. The molecule has 4 aliphatic carbocycles.